The van der Waals surface area contributed by atoms with Gasteiger partial charge in [0.1, 0.15) is 4.99 Å². The Morgan fingerprint density at radius 1 is 1.56 bits per heavy atom. The summed E-state index contributed by atoms with van der Waals surface area (Å²) in [5.74, 6) is 0.0129. The van der Waals surface area contributed by atoms with Gasteiger partial charge in [0.15, 0.2) is 0 Å². The van der Waals surface area contributed by atoms with E-state index in [9.17, 15) is 4.79 Å². The van der Waals surface area contributed by atoms with E-state index in [0.29, 0.717) is 24.7 Å². The van der Waals surface area contributed by atoms with E-state index < -0.39 is 5.91 Å². The second-order valence-corrected chi connectivity index (χ2v) is 5.37. The Morgan fingerprint density at radius 2 is 2.39 bits per heavy atom. The first kappa shape index (κ1) is 11.6. The fourth-order valence-electron chi connectivity index (χ4n) is 2.64. The molecular formula is C13H14N2O2S. The van der Waals surface area contributed by atoms with E-state index in [0.717, 1.165) is 17.0 Å². The summed E-state index contributed by atoms with van der Waals surface area (Å²) in [4.78, 5) is 12.0. The molecule has 0 unspecified atom stereocenters. The van der Waals surface area contributed by atoms with Gasteiger partial charge >= 0.3 is 0 Å². The zero-order valence-corrected chi connectivity index (χ0v) is 10.6. The lowest BCUT2D eigenvalue weighted by Crippen LogP contribution is -2.35. The Balaban J connectivity index is 1.97. The van der Waals surface area contributed by atoms with Gasteiger partial charge in [-0.05, 0) is 24.1 Å². The van der Waals surface area contributed by atoms with E-state index >= 15 is 0 Å². The lowest BCUT2D eigenvalue weighted by atomic mass is 9.99. The third kappa shape index (κ3) is 1.79. The third-order valence-corrected chi connectivity index (χ3v) is 3.90. The summed E-state index contributed by atoms with van der Waals surface area (Å²) in [6, 6.07) is 7.44. The number of carbonyl (C=O) groups is 1. The zero-order chi connectivity index (χ0) is 12.8. The molecule has 1 amide bonds. The van der Waals surface area contributed by atoms with Crippen LogP contribution in [0.15, 0.2) is 24.3 Å². The topological polar surface area (TPSA) is 64.4 Å². The van der Waals surface area contributed by atoms with Crippen LogP contribution in [0.4, 0.5) is 0 Å². The molecule has 5 heteroatoms. The van der Waals surface area contributed by atoms with Gasteiger partial charge in [0, 0.05) is 11.5 Å². The van der Waals surface area contributed by atoms with E-state index in [4.69, 9.17) is 22.7 Å². The van der Waals surface area contributed by atoms with Crippen molar-refractivity contribution in [3.05, 3.63) is 35.4 Å². The zero-order valence-electron chi connectivity index (χ0n) is 9.81. The first-order chi connectivity index (χ1) is 8.62. The average Bonchev–Trinajstić information content (AvgIpc) is 3.04. The highest BCUT2D eigenvalue weighted by molar-refractivity contribution is 7.80. The van der Waals surface area contributed by atoms with Crippen molar-refractivity contribution in [2.75, 3.05) is 13.2 Å². The molecular weight excluding hydrogens is 248 g/mol. The molecule has 1 saturated heterocycles. The van der Waals surface area contributed by atoms with Crippen molar-refractivity contribution in [2.45, 2.75) is 12.0 Å². The maximum atomic E-state index is 11.2. The minimum Gasteiger partial charge on any atom is -0.374 e. The molecule has 2 fully saturated rings. The van der Waals surface area contributed by atoms with E-state index in [1.54, 1.807) is 6.07 Å². The Hall–Kier alpha value is -1.46. The number of rotatable bonds is 2. The van der Waals surface area contributed by atoms with Crippen LogP contribution < -0.4 is 11.1 Å². The lowest BCUT2D eigenvalue weighted by molar-refractivity contribution is 0.1000. The fourth-order valence-corrected chi connectivity index (χ4v) is 2.90. The number of carbonyl (C=O) groups excluding carboxylic acids is 1. The van der Waals surface area contributed by atoms with Crippen LogP contribution in [0, 0.1) is 5.92 Å². The minimum atomic E-state index is -0.405. The van der Waals surface area contributed by atoms with Crippen LogP contribution in [-0.2, 0) is 10.3 Å². The first-order valence-corrected chi connectivity index (χ1v) is 6.32. The van der Waals surface area contributed by atoms with E-state index in [1.165, 1.54) is 0 Å². The maximum absolute atomic E-state index is 11.2. The Bertz CT molecular complexity index is 531. The molecule has 0 aromatic heterocycles. The lowest BCUT2D eigenvalue weighted by Gasteiger charge is -2.19. The molecule has 94 valence electrons. The summed E-state index contributed by atoms with van der Waals surface area (Å²) in [5, 5.41) is 3.37. The van der Waals surface area contributed by atoms with Gasteiger partial charge in [0.05, 0.1) is 18.8 Å². The van der Waals surface area contributed by atoms with Crippen molar-refractivity contribution in [3.63, 3.8) is 0 Å². The number of fused-ring (bicyclic) bond motifs is 1. The van der Waals surface area contributed by atoms with Crippen LogP contribution in [0.1, 0.15) is 22.3 Å². The normalized spacial score (nSPS) is 30.0. The number of nitrogens with one attached hydrogen (secondary N) is 1. The standard InChI is InChI=1S/C13H14N2O2S/c14-12(16)8-2-1-3-9(4-8)13-5-10(13)6-17-7-11(18)15-13/h1-4,10H,5-7H2,(H2,14,16)(H,15,18)/t10-,13-/m1/s1. The molecule has 2 aliphatic rings. The van der Waals surface area contributed by atoms with Gasteiger partial charge in [0.25, 0.3) is 0 Å². The second kappa shape index (κ2) is 4.03. The molecule has 1 aliphatic heterocycles. The van der Waals surface area contributed by atoms with Gasteiger partial charge in [0.2, 0.25) is 5.91 Å². The van der Waals surface area contributed by atoms with Crippen LogP contribution in [-0.4, -0.2) is 24.1 Å². The third-order valence-electron chi connectivity index (χ3n) is 3.68. The number of ether oxygens (including phenoxy) is 1. The van der Waals surface area contributed by atoms with Gasteiger partial charge in [-0.3, -0.25) is 4.79 Å². The predicted octanol–water partition coefficient (Wildman–Crippen LogP) is 0.948. The molecule has 3 N–H and O–H groups in total. The van der Waals surface area contributed by atoms with Gasteiger partial charge < -0.3 is 15.8 Å². The molecule has 1 heterocycles. The predicted molar refractivity (Wildman–Crippen MR) is 71.3 cm³/mol. The summed E-state index contributed by atoms with van der Waals surface area (Å²) >= 11 is 5.22. The van der Waals surface area contributed by atoms with Gasteiger partial charge in [-0.2, -0.15) is 0 Å². The quantitative estimate of drug-likeness (QED) is 0.779. The molecule has 1 aromatic carbocycles. The maximum Gasteiger partial charge on any atom is 0.248 e. The summed E-state index contributed by atoms with van der Waals surface area (Å²) < 4.78 is 5.49. The van der Waals surface area contributed by atoms with Crippen LogP contribution in [0.25, 0.3) is 0 Å². The van der Waals surface area contributed by atoms with Crippen LogP contribution in [0.5, 0.6) is 0 Å². The molecule has 0 spiro atoms. The van der Waals surface area contributed by atoms with E-state index in [1.807, 2.05) is 18.2 Å². The molecule has 4 nitrogen and oxygen atoms in total. The highest BCUT2D eigenvalue weighted by atomic mass is 32.1. The number of nitrogens with two attached hydrogens (primary N) is 1. The van der Waals surface area contributed by atoms with Gasteiger partial charge in [-0.1, -0.05) is 24.4 Å². The van der Waals surface area contributed by atoms with Crippen molar-refractivity contribution in [3.8, 4) is 0 Å². The molecule has 0 radical (unpaired) electrons. The average molecular weight is 262 g/mol. The highest BCUT2D eigenvalue weighted by Crippen LogP contribution is 2.53. The van der Waals surface area contributed by atoms with Crippen LogP contribution in [0.2, 0.25) is 0 Å². The summed E-state index contributed by atoms with van der Waals surface area (Å²) in [5.41, 5.74) is 6.76. The highest BCUT2D eigenvalue weighted by Gasteiger charge is 2.57. The number of hydrogen-bond donors (Lipinski definition) is 2. The van der Waals surface area contributed by atoms with Crippen LogP contribution >= 0.6 is 12.2 Å². The van der Waals surface area contributed by atoms with Crippen molar-refractivity contribution < 1.29 is 9.53 Å². The Morgan fingerprint density at radius 3 is 3.17 bits per heavy atom. The first-order valence-electron chi connectivity index (χ1n) is 5.91. The van der Waals surface area contributed by atoms with Crippen LogP contribution in [0.3, 0.4) is 0 Å². The van der Waals surface area contributed by atoms with Gasteiger partial charge in [-0.25, -0.2) is 0 Å². The smallest absolute Gasteiger partial charge is 0.248 e. The number of thiocarbonyl (C=S) groups is 1. The number of hydrogen-bond acceptors (Lipinski definition) is 3. The fraction of sp³-hybridized carbons (Fsp3) is 0.385. The SMILES string of the molecule is NC(=O)c1cccc([C@]23C[C@@H]2COCC(=S)N3)c1. The van der Waals surface area contributed by atoms with Gasteiger partial charge in [-0.15, -0.1) is 0 Å². The molecule has 1 aromatic rings. The number of primary amides is 1. The van der Waals surface area contributed by atoms with Crippen molar-refractivity contribution in [1.29, 1.82) is 0 Å². The molecule has 3 rings (SSSR count). The minimum absolute atomic E-state index is 0.154. The monoisotopic (exact) mass is 262 g/mol. The molecule has 2 atom stereocenters. The van der Waals surface area contributed by atoms with E-state index in [2.05, 4.69) is 5.32 Å². The number of amides is 1. The summed E-state index contributed by atoms with van der Waals surface area (Å²) in [6.45, 7) is 1.18. The molecule has 1 saturated carbocycles. The second-order valence-electron chi connectivity index (χ2n) is 4.88. The Kier molecular flexibility index (Phi) is 2.60. The molecule has 0 bridgehead atoms. The van der Waals surface area contributed by atoms with E-state index in [-0.39, 0.29) is 5.54 Å². The largest absolute Gasteiger partial charge is 0.374 e. The summed E-state index contributed by atoms with van der Waals surface area (Å²) in [6.07, 6.45) is 0.982. The Labute approximate surface area is 110 Å². The molecule has 18 heavy (non-hydrogen) atoms. The van der Waals surface area contributed by atoms with Crippen molar-refractivity contribution in [2.24, 2.45) is 11.7 Å². The molecule has 1 aliphatic carbocycles. The number of benzene rings is 1. The van der Waals surface area contributed by atoms with Crippen molar-refractivity contribution in [1.82, 2.24) is 5.32 Å². The van der Waals surface area contributed by atoms with Crippen molar-refractivity contribution >= 4 is 23.1 Å². The summed E-state index contributed by atoms with van der Waals surface area (Å²) in [7, 11) is 0.